The van der Waals surface area contributed by atoms with Crippen LogP contribution in [0, 0.1) is 13.8 Å². The van der Waals surface area contributed by atoms with E-state index in [2.05, 4.69) is 15.4 Å². The summed E-state index contributed by atoms with van der Waals surface area (Å²) >= 11 is 0.624. The van der Waals surface area contributed by atoms with Crippen LogP contribution >= 0.6 is 11.3 Å². The number of halogens is 3. The molecule has 0 spiro atoms. The van der Waals surface area contributed by atoms with E-state index in [0.717, 1.165) is 30.6 Å². The predicted octanol–water partition coefficient (Wildman–Crippen LogP) is 3.48. The van der Waals surface area contributed by atoms with Gasteiger partial charge in [0.15, 0.2) is 5.13 Å². The highest BCUT2D eigenvalue weighted by Gasteiger charge is 2.33. The van der Waals surface area contributed by atoms with Crippen LogP contribution < -0.4 is 5.32 Å². The van der Waals surface area contributed by atoms with Gasteiger partial charge in [-0.15, -0.1) is 0 Å². The molecule has 20 heavy (non-hydrogen) atoms. The quantitative estimate of drug-likeness (QED) is 0.860. The zero-order valence-electron chi connectivity index (χ0n) is 11.2. The molecule has 0 saturated heterocycles. The van der Waals surface area contributed by atoms with Gasteiger partial charge in [0.25, 0.3) is 0 Å². The molecular formula is C12H15F3N4S. The van der Waals surface area contributed by atoms with Crippen molar-refractivity contribution in [1.29, 1.82) is 0 Å². The molecule has 1 N–H and O–H groups in total. The van der Waals surface area contributed by atoms with Gasteiger partial charge >= 0.3 is 6.18 Å². The number of anilines is 1. The third-order valence-corrected chi connectivity index (χ3v) is 3.71. The zero-order chi connectivity index (χ0) is 14.8. The molecule has 0 aromatic carbocycles. The van der Waals surface area contributed by atoms with Crippen molar-refractivity contribution in [2.75, 3.05) is 11.9 Å². The number of nitrogens with one attached hydrogen (secondary N) is 1. The fraction of sp³-hybridized carbons (Fsp3) is 0.500. The van der Waals surface area contributed by atoms with Gasteiger partial charge in [-0.25, -0.2) is 4.98 Å². The Hall–Kier alpha value is -1.57. The van der Waals surface area contributed by atoms with E-state index in [1.54, 1.807) is 0 Å². The van der Waals surface area contributed by atoms with Gasteiger partial charge in [0, 0.05) is 18.8 Å². The highest BCUT2D eigenvalue weighted by atomic mass is 32.1. The van der Waals surface area contributed by atoms with Crippen LogP contribution in [0.3, 0.4) is 0 Å². The van der Waals surface area contributed by atoms with Gasteiger partial charge in [0.05, 0.1) is 11.9 Å². The molecule has 0 fully saturated rings. The monoisotopic (exact) mass is 304 g/mol. The maximum atomic E-state index is 12.4. The minimum absolute atomic E-state index is 0.297. The van der Waals surface area contributed by atoms with Crippen molar-refractivity contribution in [2.24, 2.45) is 0 Å². The molecule has 2 heterocycles. The molecule has 110 valence electrons. The SMILES string of the molecule is Cc1cc(C)n(CCCNc2ncc(C(F)(F)F)s2)n1. The van der Waals surface area contributed by atoms with Crippen LogP contribution in [0.1, 0.15) is 22.7 Å². The van der Waals surface area contributed by atoms with Crippen molar-refractivity contribution < 1.29 is 13.2 Å². The number of aromatic nitrogens is 3. The number of hydrogen-bond donors (Lipinski definition) is 1. The molecular weight excluding hydrogens is 289 g/mol. The van der Waals surface area contributed by atoms with Crippen LogP contribution in [0.15, 0.2) is 12.3 Å². The number of alkyl halides is 3. The van der Waals surface area contributed by atoms with Crippen molar-refractivity contribution in [3.63, 3.8) is 0 Å². The van der Waals surface area contributed by atoms with Crippen molar-refractivity contribution >= 4 is 16.5 Å². The molecule has 0 atom stereocenters. The molecule has 8 heteroatoms. The van der Waals surface area contributed by atoms with Gasteiger partial charge < -0.3 is 5.32 Å². The van der Waals surface area contributed by atoms with Crippen LogP contribution in [0.2, 0.25) is 0 Å². The first-order chi connectivity index (χ1) is 9.36. The highest BCUT2D eigenvalue weighted by Crippen LogP contribution is 2.34. The summed E-state index contributed by atoms with van der Waals surface area (Å²) in [5.41, 5.74) is 2.04. The smallest absolute Gasteiger partial charge is 0.361 e. The van der Waals surface area contributed by atoms with Gasteiger partial charge in [-0.05, 0) is 26.3 Å². The van der Waals surface area contributed by atoms with E-state index in [1.807, 2.05) is 24.6 Å². The van der Waals surface area contributed by atoms with Gasteiger partial charge in [0.2, 0.25) is 0 Å². The Morgan fingerprint density at radius 3 is 2.65 bits per heavy atom. The Morgan fingerprint density at radius 2 is 2.10 bits per heavy atom. The van der Waals surface area contributed by atoms with Gasteiger partial charge in [0.1, 0.15) is 4.88 Å². The van der Waals surface area contributed by atoms with E-state index in [1.165, 1.54) is 0 Å². The average Bonchev–Trinajstić information content (AvgIpc) is 2.91. The first-order valence-electron chi connectivity index (χ1n) is 6.14. The van der Waals surface area contributed by atoms with Crippen molar-refractivity contribution in [3.05, 3.63) is 28.5 Å². The maximum Gasteiger partial charge on any atom is 0.427 e. The molecule has 0 saturated carbocycles. The Morgan fingerprint density at radius 1 is 1.35 bits per heavy atom. The molecule has 0 amide bonds. The number of aryl methyl sites for hydroxylation is 3. The Bertz CT molecular complexity index is 574. The lowest BCUT2D eigenvalue weighted by atomic mass is 10.4. The van der Waals surface area contributed by atoms with E-state index in [-0.39, 0.29) is 0 Å². The summed E-state index contributed by atoms with van der Waals surface area (Å²) in [6, 6.07) is 1.99. The summed E-state index contributed by atoms with van der Waals surface area (Å²) < 4.78 is 39.1. The van der Waals surface area contributed by atoms with E-state index in [0.29, 0.717) is 23.0 Å². The third-order valence-electron chi connectivity index (χ3n) is 2.71. The maximum absolute atomic E-state index is 12.4. The van der Waals surface area contributed by atoms with Gasteiger partial charge in [-0.3, -0.25) is 4.68 Å². The van der Waals surface area contributed by atoms with Crippen LogP contribution in [-0.2, 0) is 12.7 Å². The molecule has 2 aromatic heterocycles. The molecule has 0 aliphatic heterocycles. The normalized spacial score (nSPS) is 11.8. The second kappa shape index (κ2) is 5.82. The topological polar surface area (TPSA) is 42.7 Å². The lowest BCUT2D eigenvalue weighted by Crippen LogP contribution is -2.08. The molecule has 2 rings (SSSR count). The minimum atomic E-state index is -4.32. The standard InChI is InChI=1S/C12H15F3N4S/c1-8-6-9(2)19(18-8)5-3-4-16-11-17-7-10(20-11)12(13,14)15/h6-7H,3-5H2,1-2H3,(H,16,17). The van der Waals surface area contributed by atoms with Crippen molar-refractivity contribution in [2.45, 2.75) is 33.0 Å². The minimum Gasteiger partial charge on any atom is -0.361 e. The number of nitrogens with zero attached hydrogens (tertiary/aromatic N) is 3. The summed E-state index contributed by atoms with van der Waals surface area (Å²) in [5.74, 6) is 0. The van der Waals surface area contributed by atoms with Crippen molar-refractivity contribution in [1.82, 2.24) is 14.8 Å². The Labute approximate surface area is 118 Å². The summed E-state index contributed by atoms with van der Waals surface area (Å²) in [4.78, 5) is 3.03. The van der Waals surface area contributed by atoms with Gasteiger partial charge in [-0.2, -0.15) is 18.3 Å². The number of rotatable bonds is 5. The van der Waals surface area contributed by atoms with Crippen LogP contribution in [-0.4, -0.2) is 21.3 Å². The fourth-order valence-corrected chi connectivity index (χ4v) is 2.52. The van der Waals surface area contributed by atoms with E-state index >= 15 is 0 Å². The molecule has 0 radical (unpaired) electrons. The van der Waals surface area contributed by atoms with Gasteiger partial charge in [-0.1, -0.05) is 11.3 Å². The summed E-state index contributed by atoms with van der Waals surface area (Å²) in [7, 11) is 0. The molecule has 2 aromatic rings. The van der Waals surface area contributed by atoms with Crippen LogP contribution in [0.5, 0.6) is 0 Å². The molecule has 4 nitrogen and oxygen atoms in total. The van der Waals surface area contributed by atoms with E-state index in [4.69, 9.17) is 0 Å². The molecule has 0 aliphatic carbocycles. The fourth-order valence-electron chi connectivity index (χ4n) is 1.81. The third kappa shape index (κ3) is 3.72. The summed E-state index contributed by atoms with van der Waals surface area (Å²) in [5, 5.41) is 7.52. The number of hydrogen-bond acceptors (Lipinski definition) is 4. The second-order valence-electron chi connectivity index (χ2n) is 4.46. The van der Waals surface area contributed by atoms with E-state index < -0.39 is 11.1 Å². The van der Waals surface area contributed by atoms with Crippen LogP contribution in [0.25, 0.3) is 0 Å². The lowest BCUT2D eigenvalue weighted by Gasteiger charge is -2.05. The zero-order valence-corrected chi connectivity index (χ0v) is 12.0. The first kappa shape index (κ1) is 14.8. The first-order valence-corrected chi connectivity index (χ1v) is 6.96. The summed E-state index contributed by atoms with van der Waals surface area (Å²) in [6.45, 7) is 5.19. The average molecular weight is 304 g/mol. The summed E-state index contributed by atoms with van der Waals surface area (Å²) in [6.07, 6.45) is -2.70. The number of thiazole rings is 1. The Balaban J connectivity index is 1.79. The molecule has 0 unspecified atom stereocenters. The lowest BCUT2D eigenvalue weighted by molar-refractivity contribution is -0.134. The van der Waals surface area contributed by atoms with Crippen LogP contribution in [0.4, 0.5) is 18.3 Å². The largest absolute Gasteiger partial charge is 0.427 e. The molecule has 0 bridgehead atoms. The van der Waals surface area contributed by atoms with Crippen molar-refractivity contribution in [3.8, 4) is 0 Å². The highest BCUT2D eigenvalue weighted by molar-refractivity contribution is 7.15. The molecule has 0 aliphatic rings. The second-order valence-corrected chi connectivity index (χ2v) is 5.49. The predicted molar refractivity (Wildman–Crippen MR) is 71.9 cm³/mol. The Kier molecular flexibility index (Phi) is 4.32. The van der Waals surface area contributed by atoms with E-state index in [9.17, 15) is 13.2 Å².